The number of carbonyl (C=O) groups is 1. The fourth-order valence-electron chi connectivity index (χ4n) is 2.35. The maximum absolute atomic E-state index is 11.9. The molecule has 0 unspecified atom stereocenters. The van der Waals surface area contributed by atoms with Crippen LogP contribution in [-0.2, 0) is 11.3 Å². The molecule has 0 atom stereocenters. The van der Waals surface area contributed by atoms with Crippen LogP contribution in [0.5, 0.6) is 11.5 Å². The summed E-state index contributed by atoms with van der Waals surface area (Å²) < 4.78 is 11.3. The third-order valence-electron chi connectivity index (χ3n) is 3.60. The Balaban J connectivity index is 1.66. The molecule has 4 heteroatoms. The molecule has 2 rings (SSSR count). The molecule has 1 amide bonds. The van der Waals surface area contributed by atoms with Gasteiger partial charge in [0.15, 0.2) is 0 Å². The van der Waals surface area contributed by atoms with E-state index in [1.807, 2.05) is 69.3 Å². The fraction of sp³-hybridized carbons (Fsp3) is 0.381. The molecule has 0 aliphatic carbocycles. The van der Waals surface area contributed by atoms with Gasteiger partial charge in [0.1, 0.15) is 11.5 Å². The Hall–Kier alpha value is -2.49. The van der Waals surface area contributed by atoms with Crippen LogP contribution >= 0.6 is 0 Å². The Kier molecular flexibility index (Phi) is 7.33. The number of hydrogen-bond acceptors (Lipinski definition) is 3. The average Bonchev–Trinajstić information content (AvgIpc) is 2.58. The lowest BCUT2D eigenvalue weighted by Crippen LogP contribution is -2.23. The van der Waals surface area contributed by atoms with E-state index in [0.717, 1.165) is 17.1 Å². The maximum Gasteiger partial charge on any atom is 0.220 e. The average molecular weight is 341 g/mol. The lowest BCUT2D eigenvalue weighted by Gasteiger charge is -2.11. The molecular weight excluding hydrogens is 314 g/mol. The zero-order valence-corrected chi connectivity index (χ0v) is 15.2. The largest absolute Gasteiger partial charge is 0.494 e. The van der Waals surface area contributed by atoms with Crippen molar-refractivity contribution in [1.82, 2.24) is 5.32 Å². The number of benzene rings is 2. The molecule has 2 aromatic carbocycles. The summed E-state index contributed by atoms with van der Waals surface area (Å²) in [6.07, 6.45) is 1.28. The van der Waals surface area contributed by atoms with Crippen LogP contribution in [0, 0.1) is 6.92 Å². The predicted octanol–water partition coefficient (Wildman–Crippen LogP) is 4.26. The van der Waals surface area contributed by atoms with Crippen LogP contribution in [-0.4, -0.2) is 18.6 Å². The van der Waals surface area contributed by atoms with Crippen molar-refractivity contribution in [2.24, 2.45) is 0 Å². The van der Waals surface area contributed by atoms with Crippen molar-refractivity contribution in [3.8, 4) is 11.5 Å². The molecule has 0 aliphatic heterocycles. The van der Waals surface area contributed by atoms with Crippen LogP contribution in [0.15, 0.2) is 48.5 Å². The van der Waals surface area contributed by atoms with E-state index in [2.05, 4.69) is 5.32 Å². The van der Waals surface area contributed by atoms with Crippen LogP contribution in [0.1, 0.15) is 37.8 Å². The SMILES string of the molecule is Cc1ccc(OCCCC(=O)NCc2cccc(OC(C)C)c2)cc1. The first-order valence-electron chi connectivity index (χ1n) is 8.74. The minimum atomic E-state index is 0.0303. The molecule has 0 aromatic heterocycles. The van der Waals surface area contributed by atoms with E-state index in [9.17, 15) is 4.79 Å². The van der Waals surface area contributed by atoms with Crippen molar-refractivity contribution in [2.75, 3.05) is 6.61 Å². The van der Waals surface area contributed by atoms with Gasteiger partial charge in [-0.1, -0.05) is 29.8 Å². The van der Waals surface area contributed by atoms with Crippen LogP contribution in [0.4, 0.5) is 0 Å². The van der Waals surface area contributed by atoms with Gasteiger partial charge in [0.05, 0.1) is 12.7 Å². The molecule has 0 fully saturated rings. The van der Waals surface area contributed by atoms with E-state index in [4.69, 9.17) is 9.47 Å². The van der Waals surface area contributed by atoms with Gasteiger partial charge in [0, 0.05) is 13.0 Å². The first kappa shape index (κ1) is 18.8. The normalized spacial score (nSPS) is 10.6. The smallest absolute Gasteiger partial charge is 0.220 e. The summed E-state index contributed by atoms with van der Waals surface area (Å²) in [5, 5.41) is 2.94. The molecule has 2 aromatic rings. The minimum absolute atomic E-state index is 0.0303. The van der Waals surface area contributed by atoms with Gasteiger partial charge in [0.25, 0.3) is 0 Å². The number of nitrogens with one attached hydrogen (secondary N) is 1. The van der Waals surface area contributed by atoms with Crippen molar-refractivity contribution in [3.05, 3.63) is 59.7 Å². The summed E-state index contributed by atoms with van der Waals surface area (Å²) in [6.45, 7) is 7.07. The van der Waals surface area contributed by atoms with Gasteiger partial charge in [-0.25, -0.2) is 0 Å². The van der Waals surface area contributed by atoms with Gasteiger partial charge < -0.3 is 14.8 Å². The number of ether oxygens (including phenoxy) is 2. The summed E-state index contributed by atoms with van der Waals surface area (Å²) in [4.78, 5) is 11.9. The minimum Gasteiger partial charge on any atom is -0.494 e. The first-order valence-corrected chi connectivity index (χ1v) is 8.74. The van der Waals surface area contributed by atoms with Crippen molar-refractivity contribution < 1.29 is 14.3 Å². The van der Waals surface area contributed by atoms with Crippen LogP contribution < -0.4 is 14.8 Å². The summed E-state index contributed by atoms with van der Waals surface area (Å²) in [5.41, 5.74) is 2.23. The molecule has 0 aliphatic rings. The van der Waals surface area contributed by atoms with Gasteiger partial charge in [-0.2, -0.15) is 0 Å². The Morgan fingerprint density at radius 1 is 1.08 bits per heavy atom. The van der Waals surface area contributed by atoms with Crippen LogP contribution in [0.2, 0.25) is 0 Å². The summed E-state index contributed by atoms with van der Waals surface area (Å²) in [7, 11) is 0. The predicted molar refractivity (Wildman–Crippen MR) is 100.0 cm³/mol. The first-order chi connectivity index (χ1) is 12.0. The topological polar surface area (TPSA) is 47.6 Å². The van der Waals surface area contributed by atoms with Gasteiger partial charge in [-0.3, -0.25) is 4.79 Å². The van der Waals surface area contributed by atoms with Gasteiger partial charge in [-0.15, -0.1) is 0 Å². The molecule has 25 heavy (non-hydrogen) atoms. The van der Waals surface area contributed by atoms with Crippen LogP contribution in [0.3, 0.4) is 0 Å². The Bertz CT molecular complexity index is 665. The highest BCUT2D eigenvalue weighted by atomic mass is 16.5. The van der Waals surface area contributed by atoms with Crippen molar-refractivity contribution in [2.45, 2.75) is 46.3 Å². The summed E-state index contributed by atoms with van der Waals surface area (Å²) >= 11 is 0. The molecule has 0 saturated carbocycles. The van der Waals surface area contributed by atoms with E-state index in [0.29, 0.717) is 26.0 Å². The van der Waals surface area contributed by atoms with Crippen LogP contribution in [0.25, 0.3) is 0 Å². The summed E-state index contributed by atoms with van der Waals surface area (Å²) in [6, 6.07) is 15.7. The lowest BCUT2D eigenvalue weighted by atomic mass is 10.2. The number of aryl methyl sites for hydroxylation is 1. The Labute approximate surface area is 150 Å². The lowest BCUT2D eigenvalue weighted by molar-refractivity contribution is -0.121. The van der Waals surface area contributed by atoms with Gasteiger partial charge in [0.2, 0.25) is 5.91 Å². The van der Waals surface area contributed by atoms with E-state index in [1.165, 1.54) is 5.56 Å². The number of amides is 1. The molecule has 1 N–H and O–H groups in total. The molecule has 0 heterocycles. The number of hydrogen-bond donors (Lipinski definition) is 1. The second-order valence-electron chi connectivity index (χ2n) is 6.36. The Morgan fingerprint density at radius 3 is 2.56 bits per heavy atom. The zero-order chi connectivity index (χ0) is 18.1. The molecule has 0 bridgehead atoms. The third-order valence-corrected chi connectivity index (χ3v) is 3.60. The van der Waals surface area contributed by atoms with Crippen molar-refractivity contribution >= 4 is 5.91 Å². The molecular formula is C21H27NO3. The highest BCUT2D eigenvalue weighted by Crippen LogP contribution is 2.15. The second kappa shape index (κ2) is 9.72. The molecule has 0 saturated heterocycles. The van der Waals surface area contributed by atoms with E-state index >= 15 is 0 Å². The van der Waals surface area contributed by atoms with Crippen molar-refractivity contribution in [3.63, 3.8) is 0 Å². The monoisotopic (exact) mass is 341 g/mol. The molecule has 0 radical (unpaired) electrons. The van der Waals surface area contributed by atoms with Crippen molar-refractivity contribution in [1.29, 1.82) is 0 Å². The third kappa shape index (κ3) is 7.29. The molecule has 0 spiro atoms. The maximum atomic E-state index is 11.9. The second-order valence-corrected chi connectivity index (χ2v) is 6.36. The molecule has 134 valence electrons. The quantitative estimate of drug-likeness (QED) is 0.693. The molecule has 4 nitrogen and oxygen atoms in total. The standard InChI is InChI=1S/C21H27NO3/c1-16(2)25-20-7-4-6-18(14-20)15-22-21(23)8-5-13-24-19-11-9-17(3)10-12-19/h4,6-7,9-12,14,16H,5,8,13,15H2,1-3H3,(H,22,23). The zero-order valence-electron chi connectivity index (χ0n) is 15.2. The fourth-order valence-corrected chi connectivity index (χ4v) is 2.35. The number of carbonyl (C=O) groups excluding carboxylic acids is 1. The van der Waals surface area contributed by atoms with E-state index in [-0.39, 0.29) is 12.0 Å². The van der Waals surface area contributed by atoms with Gasteiger partial charge in [-0.05, 0) is 57.0 Å². The summed E-state index contributed by atoms with van der Waals surface area (Å²) in [5.74, 6) is 1.70. The van der Waals surface area contributed by atoms with E-state index in [1.54, 1.807) is 0 Å². The highest BCUT2D eigenvalue weighted by Gasteiger charge is 2.04. The highest BCUT2D eigenvalue weighted by molar-refractivity contribution is 5.75. The number of rotatable bonds is 9. The van der Waals surface area contributed by atoms with E-state index < -0.39 is 0 Å². The Morgan fingerprint density at radius 2 is 1.84 bits per heavy atom. The van der Waals surface area contributed by atoms with Gasteiger partial charge >= 0.3 is 0 Å².